The lowest BCUT2D eigenvalue weighted by Gasteiger charge is -2.07. The molecule has 0 unspecified atom stereocenters. The number of para-hydroxylation sites is 1. The molecule has 0 aliphatic rings. The molecule has 0 fully saturated rings. The van der Waals surface area contributed by atoms with Crippen molar-refractivity contribution in [3.8, 4) is 0 Å². The Bertz CT molecular complexity index is 570. The topological polar surface area (TPSA) is 104 Å². The average molecular weight is 264 g/mol. The Kier molecular flexibility index (Phi) is 3.49. The number of hydrogen-bond acceptors (Lipinski definition) is 5. The van der Waals surface area contributed by atoms with E-state index in [2.05, 4.69) is 20.8 Å². The number of carbonyl (C=O) groups excluding carboxylic acids is 1. The molecule has 0 aliphatic heterocycles. The van der Waals surface area contributed by atoms with E-state index in [0.29, 0.717) is 5.13 Å². The lowest BCUT2D eigenvalue weighted by atomic mass is 10.2. The van der Waals surface area contributed by atoms with Crippen molar-refractivity contribution in [2.45, 2.75) is 0 Å². The quantitative estimate of drug-likeness (QED) is 0.785. The molecular weight excluding hydrogens is 256 g/mol. The highest BCUT2D eigenvalue weighted by atomic mass is 32.1. The number of aromatic carboxylic acids is 1. The summed E-state index contributed by atoms with van der Waals surface area (Å²) in [6, 6.07) is 5.55. The third-order valence-electron chi connectivity index (χ3n) is 1.99. The summed E-state index contributed by atoms with van der Waals surface area (Å²) in [5, 5.41) is 21.3. The van der Waals surface area contributed by atoms with E-state index in [1.54, 1.807) is 12.1 Å². The van der Waals surface area contributed by atoms with Crippen molar-refractivity contribution in [2.24, 2.45) is 0 Å². The van der Waals surface area contributed by atoms with Gasteiger partial charge in [-0.3, -0.25) is 5.32 Å². The molecule has 0 aliphatic carbocycles. The SMILES string of the molecule is O=C(Nc1nncs1)Nc1ccccc1C(=O)O. The van der Waals surface area contributed by atoms with Crippen LogP contribution in [0.15, 0.2) is 29.8 Å². The van der Waals surface area contributed by atoms with Gasteiger partial charge in [0.25, 0.3) is 0 Å². The van der Waals surface area contributed by atoms with E-state index in [1.807, 2.05) is 0 Å². The Hall–Kier alpha value is -2.48. The van der Waals surface area contributed by atoms with Crippen LogP contribution in [0.2, 0.25) is 0 Å². The van der Waals surface area contributed by atoms with Gasteiger partial charge in [-0.2, -0.15) is 0 Å². The number of carboxylic acids is 1. The summed E-state index contributed by atoms with van der Waals surface area (Å²) in [5.41, 5.74) is 1.71. The molecule has 0 saturated heterocycles. The molecule has 92 valence electrons. The second-order valence-corrected chi connectivity index (χ2v) is 4.01. The molecule has 0 bridgehead atoms. The normalized spacial score (nSPS) is 9.78. The number of amides is 2. The molecule has 1 aromatic carbocycles. The van der Waals surface area contributed by atoms with Crippen molar-refractivity contribution >= 4 is 34.2 Å². The molecule has 8 heteroatoms. The second kappa shape index (κ2) is 5.23. The first-order chi connectivity index (χ1) is 8.66. The molecule has 18 heavy (non-hydrogen) atoms. The maximum atomic E-state index is 11.6. The molecule has 2 rings (SSSR count). The van der Waals surface area contributed by atoms with Gasteiger partial charge in [0, 0.05) is 0 Å². The number of hydrogen-bond donors (Lipinski definition) is 3. The van der Waals surface area contributed by atoms with Gasteiger partial charge in [0.1, 0.15) is 5.51 Å². The van der Waals surface area contributed by atoms with Crippen molar-refractivity contribution in [1.82, 2.24) is 10.2 Å². The van der Waals surface area contributed by atoms with E-state index in [4.69, 9.17) is 5.11 Å². The molecule has 2 amide bonds. The van der Waals surface area contributed by atoms with Crippen LogP contribution in [0, 0.1) is 0 Å². The molecule has 1 aromatic heterocycles. The van der Waals surface area contributed by atoms with Gasteiger partial charge in [-0.1, -0.05) is 23.5 Å². The monoisotopic (exact) mass is 264 g/mol. The van der Waals surface area contributed by atoms with Crippen LogP contribution in [0.5, 0.6) is 0 Å². The number of nitrogens with zero attached hydrogens (tertiary/aromatic N) is 2. The van der Waals surface area contributed by atoms with Gasteiger partial charge >= 0.3 is 12.0 Å². The van der Waals surface area contributed by atoms with E-state index < -0.39 is 12.0 Å². The summed E-state index contributed by atoms with van der Waals surface area (Å²) in [7, 11) is 0. The van der Waals surface area contributed by atoms with E-state index in [1.165, 1.54) is 17.6 Å². The van der Waals surface area contributed by atoms with Gasteiger partial charge in [0.05, 0.1) is 11.3 Å². The number of rotatable bonds is 3. The van der Waals surface area contributed by atoms with E-state index in [-0.39, 0.29) is 11.3 Å². The van der Waals surface area contributed by atoms with Gasteiger partial charge < -0.3 is 10.4 Å². The standard InChI is InChI=1S/C10H8N4O3S/c15-8(16)6-3-1-2-4-7(6)12-9(17)13-10-14-11-5-18-10/h1-5H,(H,15,16)(H2,12,13,14,17). The van der Waals surface area contributed by atoms with Crippen LogP contribution in [-0.2, 0) is 0 Å². The number of anilines is 2. The minimum absolute atomic E-state index is 0.0184. The predicted octanol–water partition coefficient (Wildman–Crippen LogP) is 1.88. The number of urea groups is 1. The largest absolute Gasteiger partial charge is 0.478 e. The number of benzene rings is 1. The van der Waals surface area contributed by atoms with E-state index in [9.17, 15) is 9.59 Å². The van der Waals surface area contributed by atoms with Crippen molar-refractivity contribution in [1.29, 1.82) is 0 Å². The predicted molar refractivity (Wildman–Crippen MR) is 66.0 cm³/mol. The molecule has 0 radical (unpaired) electrons. The zero-order chi connectivity index (χ0) is 13.0. The zero-order valence-corrected chi connectivity index (χ0v) is 9.77. The maximum absolute atomic E-state index is 11.6. The summed E-state index contributed by atoms with van der Waals surface area (Å²) >= 11 is 1.16. The van der Waals surface area contributed by atoms with Crippen molar-refractivity contribution in [2.75, 3.05) is 10.6 Å². The Labute approximate surface area is 105 Å². The van der Waals surface area contributed by atoms with Gasteiger partial charge in [0.2, 0.25) is 5.13 Å². The summed E-state index contributed by atoms with van der Waals surface area (Å²) in [5.74, 6) is -1.11. The molecule has 0 saturated carbocycles. The first kappa shape index (κ1) is 12.0. The molecular formula is C10H8N4O3S. The number of carbonyl (C=O) groups is 2. The minimum Gasteiger partial charge on any atom is -0.478 e. The van der Waals surface area contributed by atoms with Crippen molar-refractivity contribution < 1.29 is 14.7 Å². The number of carboxylic acid groups (broad SMARTS) is 1. The molecule has 1 heterocycles. The first-order valence-corrected chi connectivity index (χ1v) is 5.71. The minimum atomic E-state index is -1.11. The van der Waals surface area contributed by atoms with Crippen LogP contribution in [-0.4, -0.2) is 27.3 Å². The maximum Gasteiger partial charge on any atom is 0.337 e. The average Bonchev–Trinajstić information content (AvgIpc) is 2.82. The molecule has 3 N–H and O–H groups in total. The smallest absolute Gasteiger partial charge is 0.337 e. The fourth-order valence-corrected chi connectivity index (χ4v) is 1.70. The summed E-state index contributed by atoms with van der Waals surface area (Å²) < 4.78 is 0. The third kappa shape index (κ3) is 2.80. The Balaban J connectivity index is 2.09. The Morgan fingerprint density at radius 1 is 1.22 bits per heavy atom. The molecule has 2 aromatic rings. The Morgan fingerprint density at radius 2 is 2.00 bits per heavy atom. The highest BCUT2D eigenvalue weighted by Gasteiger charge is 2.12. The third-order valence-corrected chi connectivity index (χ3v) is 2.59. The molecule has 7 nitrogen and oxygen atoms in total. The number of nitrogens with one attached hydrogen (secondary N) is 2. The molecule has 0 spiro atoms. The molecule has 0 atom stereocenters. The van der Waals surface area contributed by atoms with Gasteiger partial charge in [-0.05, 0) is 12.1 Å². The second-order valence-electron chi connectivity index (χ2n) is 3.17. The lowest BCUT2D eigenvalue weighted by molar-refractivity contribution is 0.0698. The van der Waals surface area contributed by atoms with E-state index in [0.717, 1.165) is 11.3 Å². The highest BCUT2D eigenvalue weighted by Crippen LogP contribution is 2.15. The van der Waals surface area contributed by atoms with Crippen LogP contribution < -0.4 is 10.6 Å². The fourth-order valence-electron chi connectivity index (χ4n) is 1.26. The first-order valence-electron chi connectivity index (χ1n) is 4.83. The van der Waals surface area contributed by atoms with E-state index >= 15 is 0 Å². The van der Waals surface area contributed by atoms with Gasteiger partial charge in [-0.25, -0.2) is 9.59 Å². The van der Waals surface area contributed by atoms with Crippen LogP contribution in [0.4, 0.5) is 15.6 Å². The summed E-state index contributed by atoms with van der Waals surface area (Å²) in [6.45, 7) is 0. The highest BCUT2D eigenvalue weighted by molar-refractivity contribution is 7.13. The lowest BCUT2D eigenvalue weighted by Crippen LogP contribution is -2.20. The van der Waals surface area contributed by atoms with Crippen LogP contribution >= 0.6 is 11.3 Å². The Morgan fingerprint density at radius 3 is 2.67 bits per heavy atom. The van der Waals surface area contributed by atoms with Crippen molar-refractivity contribution in [3.63, 3.8) is 0 Å². The van der Waals surface area contributed by atoms with Crippen molar-refractivity contribution in [3.05, 3.63) is 35.3 Å². The van der Waals surface area contributed by atoms with Crippen LogP contribution in [0.1, 0.15) is 10.4 Å². The fraction of sp³-hybridized carbons (Fsp3) is 0. The van der Waals surface area contributed by atoms with Gasteiger partial charge in [-0.15, -0.1) is 10.2 Å². The number of aromatic nitrogens is 2. The summed E-state index contributed by atoms with van der Waals surface area (Å²) in [6.07, 6.45) is 0. The van der Waals surface area contributed by atoms with Crippen LogP contribution in [0.25, 0.3) is 0 Å². The summed E-state index contributed by atoms with van der Waals surface area (Å²) in [4.78, 5) is 22.5. The van der Waals surface area contributed by atoms with Crippen LogP contribution in [0.3, 0.4) is 0 Å². The zero-order valence-electron chi connectivity index (χ0n) is 8.95. The van der Waals surface area contributed by atoms with Gasteiger partial charge in [0.15, 0.2) is 0 Å².